The highest BCUT2D eigenvalue weighted by Gasteiger charge is 2.14. The van der Waals surface area contributed by atoms with Crippen molar-refractivity contribution in [2.24, 2.45) is 0 Å². The molecule has 0 aliphatic rings. The highest BCUT2D eigenvalue weighted by Crippen LogP contribution is 2.18. The zero-order valence-electron chi connectivity index (χ0n) is 15.1. The number of pyridine rings is 1. The molecule has 1 amide bonds. The molecule has 0 bridgehead atoms. The van der Waals surface area contributed by atoms with E-state index in [9.17, 15) is 9.59 Å². The molecule has 140 valence electrons. The van der Waals surface area contributed by atoms with E-state index in [4.69, 9.17) is 4.74 Å². The second-order valence-corrected chi connectivity index (χ2v) is 6.81. The number of thioether (sulfide) groups is 1. The predicted octanol–water partition coefficient (Wildman–Crippen LogP) is 2.48. The second-order valence-electron chi connectivity index (χ2n) is 5.87. The van der Waals surface area contributed by atoms with Crippen LogP contribution in [0.25, 0.3) is 11.0 Å². The van der Waals surface area contributed by atoms with Gasteiger partial charge in [-0.15, -0.1) is 0 Å². The van der Waals surface area contributed by atoms with E-state index in [0.29, 0.717) is 29.3 Å². The maximum atomic E-state index is 12.7. The van der Waals surface area contributed by atoms with E-state index in [1.165, 1.54) is 16.3 Å². The first-order chi connectivity index (χ1) is 13.1. The van der Waals surface area contributed by atoms with Crippen LogP contribution in [0.1, 0.15) is 5.56 Å². The molecule has 0 atom stereocenters. The number of aryl methyl sites for hydroxylation is 1. The first-order valence-electron chi connectivity index (χ1n) is 8.43. The van der Waals surface area contributed by atoms with Crippen LogP contribution in [0.4, 0.5) is 5.69 Å². The van der Waals surface area contributed by atoms with Gasteiger partial charge in [-0.2, -0.15) is 0 Å². The molecular formula is C19H20N4O3S. The fourth-order valence-electron chi connectivity index (χ4n) is 2.56. The standard InChI is InChI=1S/C19H20N4O3S/c1-13-6-3-4-8-15(13)21-16(24)12-27-19-22-17-14(7-5-9-20-17)18(25)23(19)10-11-26-2/h3-9H,10-12H2,1-2H3,(H,21,24). The van der Waals surface area contributed by atoms with Gasteiger partial charge < -0.3 is 10.1 Å². The minimum absolute atomic E-state index is 0.131. The quantitative estimate of drug-likeness (QED) is 0.497. The third-order valence-electron chi connectivity index (χ3n) is 3.97. The van der Waals surface area contributed by atoms with Crippen LogP contribution in [-0.4, -0.2) is 39.9 Å². The van der Waals surface area contributed by atoms with Crippen LogP contribution in [0.3, 0.4) is 0 Å². The number of hydrogen-bond acceptors (Lipinski definition) is 6. The molecule has 0 saturated heterocycles. The number of aromatic nitrogens is 3. The monoisotopic (exact) mass is 384 g/mol. The molecule has 0 radical (unpaired) electrons. The van der Waals surface area contributed by atoms with E-state index in [1.807, 2.05) is 31.2 Å². The third kappa shape index (κ3) is 4.53. The molecule has 7 nitrogen and oxygen atoms in total. The normalized spacial score (nSPS) is 10.9. The second kappa shape index (κ2) is 8.79. The van der Waals surface area contributed by atoms with E-state index >= 15 is 0 Å². The zero-order chi connectivity index (χ0) is 19.2. The highest BCUT2D eigenvalue weighted by molar-refractivity contribution is 7.99. The van der Waals surface area contributed by atoms with Crippen molar-refractivity contribution in [1.82, 2.24) is 14.5 Å². The molecule has 1 aromatic carbocycles. The number of benzene rings is 1. The third-order valence-corrected chi connectivity index (χ3v) is 4.94. The Hall–Kier alpha value is -2.71. The Bertz CT molecular complexity index is 1020. The van der Waals surface area contributed by atoms with Crippen molar-refractivity contribution in [3.8, 4) is 0 Å². The molecule has 0 aliphatic carbocycles. The highest BCUT2D eigenvalue weighted by atomic mass is 32.2. The van der Waals surface area contributed by atoms with Crippen LogP contribution in [0.5, 0.6) is 0 Å². The van der Waals surface area contributed by atoms with Crippen LogP contribution < -0.4 is 10.9 Å². The number of rotatable bonds is 7. The van der Waals surface area contributed by atoms with Gasteiger partial charge in [0.15, 0.2) is 10.8 Å². The molecule has 27 heavy (non-hydrogen) atoms. The van der Waals surface area contributed by atoms with Gasteiger partial charge in [-0.1, -0.05) is 30.0 Å². The SMILES string of the molecule is COCCn1c(SCC(=O)Nc2ccccc2C)nc2ncccc2c1=O. The van der Waals surface area contributed by atoms with E-state index in [2.05, 4.69) is 15.3 Å². The Kier molecular flexibility index (Phi) is 6.20. The fraction of sp³-hybridized carbons (Fsp3) is 0.263. The first kappa shape index (κ1) is 19.1. The summed E-state index contributed by atoms with van der Waals surface area (Å²) in [6.07, 6.45) is 1.59. The smallest absolute Gasteiger partial charge is 0.263 e. The Morgan fingerprint density at radius 3 is 2.85 bits per heavy atom. The van der Waals surface area contributed by atoms with Gasteiger partial charge in [-0.25, -0.2) is 9.97 Å². The number of para-hydroxylation sites is 1. The average Bonchev–Trinajstić information content (AvgIpc) is 2.68. The Labute approximate surface area is 160 Å². The number of methoxy groups -OCH3 is 1. The number of hydrogen-bond donors (Lipinski definition) is 1. The summed E-state index contributed by atoms with van der Waals surface area (Å²) in [6, 6.07) is 11.0. The van der Waals surface area contributed by atoms with Gasteiger partial charge in [0.1, 0.15) is 0 Å². The molecule has 1 N–H and O–H groups in total. The number of nitrogens with zero attached hydrogens (tertiary/aromatic N) is 3. The van der Waals surface area contributed by atoms with Crippen molar-refractivity contribution in [3.63, 3.8) is 0 Å². The molecule has 2 aromatic heterocycles. The molecule has 0 unspecified atom stereocenters. The van der Waals surface area contributed by atoms with Gasteiger partial charge in [-0.3, -0.25) is 14.2 Å². The van der Waals surface area contributed by atoms with Gasteiger partial charge in [0, 0.05) is 19.0 Å². The van der Waals surface area contributed by atoms with Crippen LogP contribution in [0, 0.1) is 6.92 Å². The molecule has 3 rings (SSSR count). The van der Waals surface area contributed by atoms with Gasteiger partial charge in [0.05, 0.1) is 24.3 Å². The van der Waals surface area contributed by atoms with E-state index in [0.717, 1.165) is 11.3 Å². The largest absolute Gasteiger partial charge is 0.383 e. The lowest BCUT2D eigenvalue weighted by atomic mass is 10.2. The van der Waals surface area contributed by atoms with Gasteiger partial charge in [0.2, 0.25) is 5.91 Å². The van der Waals surface area contributed by atoms with E-state index in [1.54, 1.807) is 25.4 Å². The van der Waals surface area contributed by atoms with Crippen molar-refractivity contribution in [2.75, 3.05) is 24.8 Å². The zero-order valence-corrected chi connectivity index (χ0v) is 16.0. The van der Waals surface area contributed by atoms with Gasteiger partial charge in [0.25, 0.3) is 5.56 Å². The molecule has 2 heterocycles. The molecule has 0 saturated carbocycles. The summed E-state index contributed by atoms with van der Waals surface area (Å²) in [5, 5.41) is 3.77. The lowest BCUT2D eigenvalue weighted by molar-refractivity contribution is -0.113. The number of fused-ring (bicyclic) bond motifs is 1. The lowest BCUT2D eigenvalue weighted by Crippen LogP contribution is -2.26. The summed E-state index contributed by atoms with van der Waals surface area (Å²) in [7, 11) is 1.57. The van der Waals surface area contributed by atoms with Crippen LogP contribution in [0.2, 0.25) is 0 Å². The predicted molar refractivity (Wildman–Crippen MR) is 106 cm³/mol. The number of amides is 1. The van der Waals surface area contributed by atoms with Crippen LogP contribution in [-0.2, 0) is 16.1 Å². The minimum atomic E-state index is -0.188. The van der Waals surface area contributed by atoms with Gasteiger partial charge in [-0.05, 0) is 30.7 Å². The number of anilines is 1. The average molecular weight is 384 g/mol. The molecule has 0 fully saturated rings. The van der Waals surface area contributed by atoms with Crippen molar-refractivity contribution in [2.45, 2.75) is 18.6 Å². The van der Waals surface area contributed by atoms with Crippen LogP contribution in [0.15, 0.2) is 52.5 Å². The Morgan fingerprint density at radius 1 is 1.26 bits per heavy atom. The maximum absolute atomic E-state index is 12.7. The fourth-order valence-corrected chi connectivity index (χ4v) is 3.37. The minimum Gasteiger partial charge on any atom is -0.383 e. The first-order valence-corrected chi connectivity index (χ1v) is 9.41. The van der Waals surface area contributed by atoms with Crippen molar-refractivity contribution in [1.29, 1.82) is 0 Å². The van der Waals surface area contributed by atoms with Gasteiger partial charge >= 0.3 is 0 Å². The topological polar surface area (TPSA) is 86.1 Å². The molecule has 0 aliphatic heterocycles. The number of ether oxygens (including phenoxy) is 1. The van der Waals surface area contributed by atoms with Crippen molar-refractivity contribution in [3.05, 3.63) is 58.5 Å². The molecule has 0 spiro atoms. The number of carbonyl (C=O) groups excluding carboxylic acids is 1. The summed E-state index contributed by atoms with van der Waals surface area (Å²) in [5.41, 5.74) is 1.94. The maximum Gasteiger partial charge on any atom is 0.263 e. The van der Waals surface area contributed by atoms with Crippen LogP contribution >= 0.6 is 11.8 Å². The molecule has 3 aromatic rings. The molecule has 8 heteroatoms. The number of carbonyl (C=O) groups is 1. The Morgan fingerprint density at radius 2 is 2.07 bits per heavy atom. The summed E-state index contributed by atoms with van der Waals surface area (Å²) >= 11 is 1.20. The molecular weight excluding hydrogens is 364 g/mol. The van der Waals surface area contributed by atoms with Crippen molar-refractivity contribution < 1.29 is 9.53 Å². The number of nitrogens with one attached hydrogen (secondary N) is 1. The summed E-state index contributed by atoms with van der Waals surface area (Å²) in [6.45, 7) is 2.66. The summed E-state index contributed by atoms with van der Waals surface area (Å²) < 4.78 is 6.62. The summed E-state index contributed by atoms with van der Waals surface area (Å²) in [4.78, 5) is 33.7. The van der Waals surface area contributed by atoms with E-state index < -0.39 is 0 Å². The summed E-state index contributed by atoms with van der Waals surface area (Å²) in [5.74, 6) is -0.0329. The lowest BCUT2D eigenvalue weighted by Gasteiger charge is -2.12. The Balaban J connectivity index is 1.81. The van der Waals surface area contributed by atoms with E-state index in [-0.39, 0.29) is 17.2 Å². The van der Waals surface area contributed by atoms with Crippen molar-refractivity contribution >= 4 is 34.4 Å².